The normalized spacial score (nSPS) is 13.1. The van der Waals surface area contributed by atoms with Crippen LogP contribution in [-0.4, -0.2) is 81.2 Å². The molecule has 6 rings (SSSR count). The lowest BCUT2D eigenvalue weighted by atomic mass is 10.0. The summed E-state index contributed by atoms with van der Waals surface area (Å²) in [6.07, 6.45) is -0.370. The summed E-state index contributed by atoms with van der Waals surface area (Å²) in [5.41, 5.74) is 2.35. The van der Waals surface area contributed by atoms with Gasteiger partial charge in [-0.3, -0.25) is 9.59 Å². The number of aryl methyl sites for hydroxylation is 1. The number of rotatable bonds is 10. The average molecular weight is 762 g/mol. The zero-order valence-corrected chi connectivity index (χ0v) is 29.8. The predicted octanol–water partition coefficient (Wildman–Crippen LogP) is 6.24. The highest BCUT2D eigenvalue weighted by Gasteiger charge is 2.30. The van der Waals surface area contributed by atoms with Crippen LogP contribution < -0.4 is 20.1 Å². The van der Waals surface area contributed by atoms with Crippen LogP contribution >= 0.6 is 0 Å². The number of carbonyl (C=O) groups excluding carboxylic acids is 2. The summed E-state index contributed by atoms with van der Waals surface area (Å²) in [5, 5.41) is 21.9. The van der Waals surface area contributed by atoms with Crippen LogP contribution in [0.4, 0.5) is 18.9 Å². The molecule has 2 aromatic heterocycles. The molecule has 0 aliphatic carbocycles. The first kappa shape index (κ1) is 39.8. The third kappa shape index (κ3) is 10.6. The minimum Gasteiger partial charge on any atom is -0.497 e. The number of nitrogens with one attached hydrogen (secondary N) is 2. The molecule has 0 radical (unpaired) electrons. The molecular weight excluding hydrogens is 723 g/mol. The Bertz CT molecular complexity index is 2120. The first-order chi connectivity index (χ1) is 26.2. The molecule has 55 heavy (non-hydrogen) atoms. The molecule has 2 amide bonds. The number of pyridine rings is 1. The molecule has 3 heterocycles. The number of anilines is 1. The number of nitrogens with zero attached hydrogens (tertiary/aromatic N) is 3. The van der Waals surface area contributed by atoms with E-state index in [1.165, 1.54) is 11.8 Å². The van der Waals surface area contributed by atoms with Gasteiger partial charge in [0, 0.05) is 48.7 Å². The van der Waals surface area contributed by atoms with Crippen molar-refractivity contribution in [1.29, 1.82) is 0 Å². The summed E-state index contributed by atoms with van der Waals surface area (Å²) < 4.78 is 51.5. The fourth-order valence-electron chi connectivity index (χ4n) is 5.91. The lowest BCUT2D eigenvalue weighted by molar-refractivity contribution is -0.159. The van der Waals surface area contributed by atoms with E-state index in [0.717, 1.165) is 66.7 Å². The van der Waals surface area contributed by atoms with Gasteiger partial charge in [0.25, 0.3) is 11.8 Å². The third-order valence-electron chi connectivity index (χ3n) is 8.89. The molecule has 0 atom stereocenters. The van der Waals surface area contributed by atoms with E-state index in [9.17, 15) is 22.8 Å². The number of halogens is 3. The number of aromatic nitrogens is 2. The predicted molar refractivity (Wildman–Crippen MR) is 196 cm³/mol. The molecule has 1 fully saturated rings. The van der Waals surface area contributed by atoms with E-state index in [1.54, 1.807) is 25.3 Å². The number of piperidine rings is 1. The van der Waals surface area contributed by atoms with Crippen LogP contribution in [0.3, 0.4) is 0 Å². The Hall–Kier alpha value is -6.42. The maximum absolute atomic E-state index is 13.5. The smallest absolute Gasteiger partial charge is 0.416 e. The summed E-state index contributed by atoms with van der Waals surface area (Å²) in [6.45, 7) is 2.24. The SMILES string of the molecule is COc1ccc(CCNC2CCN(C(=O)c3cc4cc(Oc5ccc(NC(=O)c6ccc(C(F)(F)F)cc6)cn5)ccc4n3C)CC2)cc1.O=C(O)C(=O)O. The second kappa shape index (κ2) is 17.6. The number of benzene rings is 3. The van der Waals surface area contributed by atoms with E-state index in [0.29, 0.717) is 36.3 Å². The first-order valence-electron chi connectivity index (χ1n) is 17.1. The zero-order chi connectivity index (χ0) is 39.7. The highest BCUT2D eigenvalue weighted by atomic mass is 19.4. The molecule has 1 aliphatic rings. The van der Waals surface area contributed by atoms with Crippen molar-refractivity contribution < 1.29 is 52.0 Å². The van der Waals surface area contributed by atoms with Gasteiger partial charge in [0.05, 0.1) is 24.6 Å². The standard InChI is InChI=1S/C37H36F3N5O4.C2H2O4/c1-44-32-13-12-31(49-34-14-9-29(23-42-34)43-35(46)25-5-7-27(8-6-25)37(38,39)40)21-26(32)22-33(44)36(47)45-19-16-28(17-20-45)41-18-15-24-3-10-30(48-2)11-4-24;3-1(4)2(5)6/h3-14,21-23,28,41H,15-20H2,1-2H3,(H,43,46);(H,3,4)(H,5,6). The number of likely N-dealkylation sites (tertiary alicyclic amines) is 1. The second-order valence-corrected chi connectivity index (χ2v) is 12.6. The Labute approximate surface area is 313 Å². The van der Waals surface area contributed by atoms with E-state index >= 15 is 0 Å². The monoisotopic (exact) mass is 761 g/mol. The van der Waals surface area contributed by atoms with E-state index in [4.69, 9.17) is 29.3 Å². The number of fused-ring (bicyclic) bond motifs is 1. The number of carboxylic acid groups (broad SMARTS) is 2. The number of ether oxygens (including phenoxy) is 2. The van der Waals surface area contributed by atoms with Crippen molar-refractivity contribution in [1.82, 2.24) is 19.8 Å². The lowest BCUT2D eigenvalue weighted by Gasteiger charge is -2.32. The maximum atomic E-state index is 13.5. The van der Waals surface area contributed by atoms with Crippen molar-refractivity contribution in [3.8, 4) is 17.4 Å². The number of amides is 2. The highest BCUT2D eigenvalue weighted by molar-refractivity contribution is 6.27. The molecule has 0 bridgehead atoms. The molecule has 1 aliphatic heterocycles. The van der Waals surface area contributed by atoms with Gasteiger partial charge in [-0.2, -0.15) is 13.2 Å². The number of aliphatic carboxylic acids is 2. The van der Waals surface area contributed by atoms with Gasteiger partial charge in [0.15, 0.2) is 0 Å². The van der Waals surface area contributed by atoms with Crippen molar-refractivity contribution in [2.75, 3.05) is 32.1 Å². The number of carbonyl (C=O) groups is 4. The molecule has 5 aromatic rings. The fraction of sp³-hybridized carbons (Fsp3) is 0.256. The molecule has 0 spiro atoms. The molecular formula is C39H38F3N5O8. The van der Waals surface area contributed by atoms with Gasteiger partial charge in [0.1, 0.15) is 17.2 Å². The Morgan fingerprint density at radius 2 is 1.53 bits per heavy atom. The van der Waals surface area contributed by atoms with Crippen LogP contribution in [0.5, 0.6) is 17.4 Å². The van der Waals surface area contributed by atoms with Gasteiger partial charge >= 0.3 is 18.1 Å². The van der Waals surface area contributed by atoms with Crippen molar-refractivity contribution in [2.24, 2.45) is 7.05 Å². The average Bonchev–Trinajstić information content (AvgIpc) is 3.50. The summed E-state index contributed by atoms with van der Waals surface area (Å²) in [5.74, 6) is -2.57. The van der Waals surface area contributed by atoms with Gasteiger partial charge in [-0.1, -0.05) is 12.1 Å². The molecule has 16 heteroatoms. The van der Waals surface area contributed by atoms with Crippen molar-refractivity contribution in [2.45, 2.75) is 31.5 Å². The zero-order valence-electron chi connectivity index (χ0n) is 29.8. The van der Waals surface area contributed by atoms with Gasteiger partial charge < -0.3 is 39.8 Å². The number of alkyl halides is 3. The van der Waals surface area contributed by atoms with E-state index in [-0.39, 0.29) is 17.4 Å². The minimum atomic E-state index is -4.48. The number of hydrogen-bond donors (Lipinski definition) is 4. The molecule has 0 unspecified atom stereocenters. The summed E-state index contributed by atoms with van der Waals surface area (Å²) in [6, 6.07) is 23.0. The summed E-state index contributed by atoms with van der Waals surface area (Å²) in [7, 11) is 3.54. The van der Waals surface area contributed by atoms with Crippen LogP contribution in [-0.2, 0) is 29.2 Å². The first-order valence-corrected chi connectivity index (χ1v) is 17.1. The van der Waals surface area contributed by atoms with Crippen LogP contribution in [0.2, 0.25) is 0 Å². The number of hydrogen-bond acceptors (Lipinski definition) is 8. The topological polar surface area (TPSA) is 172 Å². The van der Waals surface area contributed by atoms with Crippen molar-refractivity contribution >= 4 is 40.3 Å². The number of methoxy groups -OCH3 is 1. The fourth-order valence-corrected chi connectivity index (χ4v) is 5.91. The van der Waals surface area contributed by atoms with E-state index in [1.807, 2.05) is 46.8 Å². The van der Waals surface area contributed by atoms with E-state index < -0.39 is 29.6 Å². The summed E-state index contributed by atoms with van der Waals surface area (Å²) in [4.78, 5) is 50.4. The van der Waals surface area contributed by atoms with Crippen molar-refractivity contribution in [3.05, 3.63) is 114 Å². The Balaban J connectivity index is 0.000000895. The van der Waals surface area contributed by atoms with Crippen LogP contribution in [0.15, 0.2) is 91.1 Å². The Kier molecular flexibility index (Phi) is 12.7. The maximum Gasteiger partial charge on any atom is 0.416 e. The minimum absolute atomic E-state index is 0.00607. The van der Waals surface area contributed by atoms with Crippen LogP contribution in [0.25, 0.3) is 10.9 Å². The molecule has 13 nitrogen and oxygen atoms in total. The second-order valence-electron chi connectivity index (χ2n) is 12.6. The molecule has 4 N–H and O–H groups in total. The van der Waals surface area contributed by atoms with Crippen LogP contribution in [0, 0.1) is 0 Å². The van der Waals surface area contributed by atoms with Gasteiger partial charge in [-0.25, -0.2) is 14.6 Å². The third-order valence-corrected chi connectivity index (χ3v) is 8.89. The van der Waals surface area contributed by atoms with E-state index in [2.05, 4.69) is 27.8 Å². The quantitative estimate of drug-likeness (QED) is 0.120. The van der Waals surface area contributed by atoms with Gasteiger partial charge in [-0.05, 0) is 98.1 Å². The largest absolute Gasteiger partial charge is 0.497 e. The number of carboxylic acids is 2. The van der Waals surface area contributed by atoms with Gasteiger partial charge in [0.2, 0.25) is 5.88 Å². The molecule has 1 saturated heterocycles. The van der Waals surface area contributed by atoms with Gasteiger partial charge in [-0.15, -0.1) is 0 Å². The molecule has 0 saturated carbocycles. The highest BCUT2D eigenvalue weighted by Crippen LogP contribution is 2.30. The Morgan fingerprint density at radius 1 is 0.873 bits per heavy atom. The molecule has 3 aromatic carbocycles. The molecule has 288 valence electrons. The lowest BCUT2D eigenvalue weighted by Crippen LogP contribution is -2.45. The Morgan fingerprint density at radius 3 is 2.11 bits per heavy atom. The van der Waals surface area contributed by atoms with Crippen LogP contribution in [0.1, 0.15) is 44.8 Å². The summed E-state index contributed by atoms with van der Waals surface area (Å²) >= 11 is 0. The van der Waals surface area contributed by atoms with Crippen molar-refractivity contribution in [3.63, 3.8) is 0 Å².